The minimum Gasteiger partial charge on any atom is -0.397 e. The van der Waals surface area contributed by atoms with Crippen LogP contribution in [0.4, 0.5) is 24.5 Å². The number of carbonyl (C=O) groups is 1. The van der Waals surface area contributed by atoms with Gasteiger partial charge >= 0.3 is 12.1 Å². The average Bonchev–Trinajstić information content (AvgIpc) is 2.31. The maximum absolute atomic E-state index is 12.2. The van der Waals surface area contributed by atoms with Gasteiger partial charge in [-0.05, 0) is 11.5 Å². The third-order valence-corrected chi connectivity index (χ3v) is 2.46. The van der Waals surface area contributed by atoms with Gasteiger partial charge in [-0.15, -0.1) is 0 Å². The lowest BCUT2D eigenvalue weighted by Gasteiger charge is -2.12. The highest BCUT2D eigenvalue weighted by Crippen LogP contribution is 2.30. The second-order valence-electron chi connectivity index (χ2n) is 3.70. The first kappa shape index (κ1) is 12.2. The largest absolute Gasteiger partial charge is 0.471 e. The number of hydrogen-bond acceptors (Lipinski definition) is 2. The van der Waals surface area contributed by atoms with Crippen LogP contribution >= 0.6 is 0 Å². The van der Waals surface area contributed by atoms with Crippen LogP contribution in [0.25, 0.3) is 10.8 Å². The third-order valence-electron chi connectivity index (χ3n) is 2.46. The average molecular weight is 254 g/mol. The molecule has 0 radical (unpaired) electrons. The minimum absolute atomic E-state index is 0.0181. The molecule has 0 spiro atoms. The molecule has 0 fully saturated rings. The summed E-state index contributed by atoms with van der Waals surface area (Å²) in [7, 11) is 0. The van der Waals surface area contributed by atoms with E-state index in [1.165, 1.54) is 6.07 Å². The van der Waals surface area contributed by atoms with E-state index in [4.69, 9.17) is 5.73 Å². The molecular formula is C12H9F3N2O. The second kappa shape index (κ2) is 4.21. The zero-order valence-corrected chi connectivity index (χ0v) is 9.08. The van der Waals surface area contributed by atoms with Crippen molar-refractivity contribution in [2.75, 3.05) is 11.1 Å². The minimum atomic E-state index is -4.94. The number of anilines is 2. The van der Waals surface area contributed by atoms with Gasteiger partial charge in [-0.2, -0.15) is 13.2 Å². The number of carbonyl (C=O) groups excluding carboxylic acids is 1. The summed E-state index contributed by atoms with van der Waals surface area (Å²) in [4.78, 5) is 10.9. The van der Waals surface area contributed by atoms with Crippen molar-refractivity contribution in [1.82, 2.24) is 0 Å². The molecule has 0 saturated carbocycles. The highest BCUT2D eigenvalue weighted by molar-refractivity contribution is 6.07. The van der Waals surface area contributed by atoms with Gasteiger partial charge in [-0.3, -0.25) is 4.79 Å². The summed E-state index contributed by atoms with van der Waals surface area (Å²) in [6, 6.07) is 9.84. The van der Waals surface area contributed by atoms with Crippen molar-refractivity contribution >= 4 is 28.1 Å². The van der Waals surface area contributed by atoms with Gasteiger partial charge in [0.25, 0.3) is 0 Å². The molecule has 6 heteroatoms. The number of alkyl halides is 3. The van der Waals surface area contributed by atoms with Gasteiger partial charge in [0.1, 0.15) is 0 Å². The van der Waals surface area contributed by atoms with E-state index in [1.54, 1.807) is 35.6 Å². The molecule has 94 valence electrons. The molecule has 0 unspecified atom stereocenters. The SMILES string of the molecule is Nc1ccc2ccccc2c1NC(=O)C(F)(F)F. The summed E-state index contributed by atoms with van der Waals surface area (Å²) in [6.07, 6.45) is -4.94. The van der Waals surface area contributed by atoms with Crippen molar-refractivity contribution in [3.8, 4) is 0 Å². The third kappa shape index (κ3) is 2.22. The molecule has 2 rings (SSSR count). The smallest absolute Gasteiger partial charge is 0.397 e. The summed E-state index contributed by atoms with van der Waals surface area (Å²) in [5, 5.41) is 2.97. The Hall–Kier alpha value is -2.24. The van der Waals surface area contributed by atoms with Crippen LogP contribution in [0.1, 0.15) is 0 Å². The molecule has 0 aliphatic heterocycles. The van der Waals surface area contributed by atoms with Crippen LogP contribution in [-0.2, 0) is 4.79 Å². The highest BCUT2D eigenvalue weighted by atomic mass is 19.4. The number of benzene rings is 2. The van der Waals surface area contributed by atoms with Crippen molar-refractivity contribution in [1.29, 1.82) is 0 Å². The quantitative estimate of drug-likeness (QED) is 0.769. The Kier molecular flexibility index (Phi) is 2.86. The molecule has 2 aromatic rings. The topological polar surface area (TPSA) is 55.1 Å². The summed E-state index contributed by atoms with van der Waals surface area (Å²) < 4.78 is 36.6. The van der Waals surface area contributed by atoms with E-state index < -0.39 is 12.1 Å². The van der Waals surface area contributed by atoms with E-state index in [1.807, 2.05) is 0 Å². The maximum atomic E-state index is 12.2. The van der Waals surface area contributed by atoms with Crippen molar-refractivity contribution in [3.05, 3.63) is 36.4 Å². The lowest BCUT2D eigenvalue weighted by molar-refractivity contribution is -0.167. The van der Waals surface area contributed by atoms with E-state index in [9.17, 15) is 18.0 Å². The first-order valence-electron chi connectivity index (χ1n) is 5.05. The Morgan fingerprint density at radius 2 is 1.78 bits per heavy atom. The first-order valence-corrected chi connectivity index (χ1v) is 5.05. The van der Waals surface area contributed by atoms with E-state index in [0.29, 0.717) is 10.8 Å². The second-order valence-corrected chi connectivity index (χ2v) is 3.70. The van der Waals surface area contributed by atoms with Crippen LogP contribution in [-0.4, -0.2) is 12.1 Å². The van der Waals surface area contributed by atoms with Gasteiger partial charge in [-0.25, -0.2) is 0 Å². The summed E-state index contributed by atoms with van der Waals surface area (Å²) in [5.74, 6) is -2.04. The Bertz CT molecular complexity index is 608. The fourth-order valence-corrected chi connectivity index (χ4v) is 1.61. The van der Waals surface area contributed by atoms with Gasteiger partial charge < -0.3 is 11.1 Å². The molecular weight excluding hydrogens is 245 g/mol. The fourth-order valence-electron chi connectivity index (χ4n) is 1.61. The normalized spacial score (nSPS) is 11.5. The molecule has 0 heterocycles. The lowest BCUT2D eigenvalue weighted by Crippen LogP contribution is -2.30. The monoisotopic (exact) mass is 254 g/mol. The van der Waals surface area contributed by atoms with Gasteiger partial charge in [-0.1, -0.05) is 30.3 Å². The Balaban J connectivity index is 2.50. The molecule has 0 bridgehead atoms. The molecule has 0 aliphatic carbocycles. The number of hydrogen-bond donors (Lipinski definition) is 2. The van der Waals surface area contributed by atoms with Crippen molar-refractivity contribution in [2.24, 2.45) is 0 Å². The number of nitrogens with two attached hydrogens (primary N) is 1. The fraction of sp³-hybridized carbons (Fsp3) is 0.0833. The zero-order valence-electron chi connectivity index (χ0n) is 9.08. The summed E-state index contributed by atoms with van der Waals surface area (Å²) >= 11 is 0. The first-order chi connectivity index (χ1) is 8.39. The van der Waals surface area contributed by atoms with E-state index >= 15 is 0 Å². The van der Waals surface area contributed by atoms with Gasteiger partial charge in [0.2, 0.25) is 0 Å². The predicted octanol–water partition coefficient (Wildman–Crippen LogP) is 2.92. The highest BCUT2D eigenvalue weighted by Gasteiger charge is 2.39. The number of rotatable bonds is 1. The Morgan fingerprint density at radius 3 is 2.44 bits per heavy atom. The molecule has 3 nitrogen and oxygen atoms in total. The summed E-state index contributed by atoms with van der Waals surface area (Å²) in [5.41, 5.74) is 5.67. The van der Waals surface area contributed by atoms with Crippen LogP contribution in [0.15, 0.2) is 36.4 Å². The molecule has 2 aromatic carbocycles. The Morgan fingerprint density at radius 1 is 1.11 bits per heavy atom. The van der Waals surface area contributed by atoms with Gasteiger partial charge in [0, 0.05) is 5.39 Å². The van der Waals surface area contributed by atoms with Crippen molar-refractivity contribution < 1.29 is 18.0 Å². The van der Waals surface area contributed by atoms with E-state index in [-0.39, 0.29) is 11.4 Å². The number of halogens is 3. The van der Waals surface area contributed by atoms with Crippen LogP contribution in [0, 0.1) is 0 Å². The Labute approximate surface area is 100 Å². The predicted molar refractivity (Wildman–Crippen MR) is 63.0 cm³/mol. The van der Waals surface area contributed by atoms with Gasteiger partial charge in [0.15, 0.2) is 0 Å². The standard InChI is InChI=1S/C12H9F3N2O/c13-12(14,15)11(18)17-10-8-4-2-1-3-7(8)5-6-9(10)16/h1-6H,16H2,(H,17,18). The molecule has 0 saturated heterocycles. The van der Waals surface area contributed by atoms with Crippen molar-refractivity contribution in [2.45, 2.75) is 6.18 Å². The van der Waals surface area contributed by atoms with E-state index in [0.717, 1.165) is 0 Å². The van der Waals surface area contributed by atoms with E-state index in [2.05, 4.69) is 0 Å². The molecule has 3 N–H and O–H groups in total. The molecule has 0 aromatic heterocycles. The number of nitrogens with one attached hydrogen (secondary N) is 1. The lowest BCUT2D eigenvalue weighted by atomic mass is 10.1. The van der Waals surface area contributed by atoms with Crippen molar-refractivity contribution in [3.63, 3.8) is 0 Å². The van der Waals surface area contributed by atoms with Crippen LogP contribution in [0.2, 0.25) is 0 Å². The van der Waals surface area contributed by atoms with Crippen LogP contribution in [0.5, 0.6) is 0 Å². The number of amides is 1. The molecule has 18 heavy (non-hydrogen) atoms. The summed E-state index contributed by atoms with van der Waals surface area (Å²) in [6.45, 7) is 0. The maximum Gasteiger partial charge on any atom is 0.471 e. The number of nitrogen functional groups attached to an aromatic ring is 1. The zero-order chi connectivity index (χ0) is 13.3. The molecule has 0 atom stereocenters. The van der Waals surface area contributed by atoms with Crippen LogP contribution < -0.4 is 11.1 Å². The number of fused-ring (bicyclic) bond motifs is 1. The molecule has 1 amide bonds. The van der Waals surface area contributed by atoms with Gasteiger partial charge in [0.05, 0.1) is 11.4 Å². The van der Waals surface area contributed by atoms with Crippen LogP contribution in [0.3, 0.4) is 0 Å². The molecule has 0 aliphatic rings.